The fourth-order valence-corrected chi connectivity index (χ4v) is 7.35. The van der Waals surface area contributed by atoms with Crippen molar-refractivity contribution in [1.82, 2.24) is 44.2 Å². The summed E-state index contributed by atoms with van der Waals surface area (Å²) in [4.78, 5) is 53.3. The number of nitrogen functional groups attached to an aromatic ring is 1. The highest BCUT2D eigenvalue weighted by molar-refractivity contribution is 5.96. The number of hydrogen-bond acceptors (Lipinski definition) is 12. The number of ether oxygens (including phenoxy) is 1. The van der Waals surface area contributed by atoms with Crippen molar-refractivity contribution in [3.05, 3.63) is 36.7 Å². The Morgan fingerprint density at radius 2 is 1.82 bits per heavy atom. The van der Waals surface area contributed by atoms with Gasteiger partial charge < -0.3 is 35.9 Å². The lowest BCUT2D eigenvalue weighted by Crippen LogP contribution is -2.52. The van der Waals surface area contributed by atoms with Gasteiger partial charge in [0.2, 0.25) is 11.8 Å². The number of nitrogens with zero attached hydrogens (tertiary/aromatic N) is 8. The van der Waals surface area contributed by atoms with Crippen LogP contribution in [0.3, 0.4) is 0 Å². The molecular formula is C35H49N11O5. The molecule has 0 bridgehead atoms. The standard InChI is InChI=1S/C35H49N11O5/c1-35(2,3)34(50)40-21-7-8-23-24(15-21)42-26(41-23)17-43-13-9-22(10-14-43)45(18-27(47)44-11-5-4-6-12-44)16-25-29(48)30(49)33(51-25)46-20-39-28-31(36)37-19-38-32(28)46/h7-8,15,19-20,22,25,29-30,33,48-49H,4-6,9-14,16-18H2,1-3H3,(H,40,50)(H,41,42)(H2,36,37,38)/t25-,29-,30-,33-/m1/s1. The third-order valence-corrected chi connectivity index (χ3v) is 10.4. The van der Waals surface area contributed by atoms with Crippen LogP contribution in [-0.2, 0) is 20.9 Å². The van der Waals surface area contributed by atoms with Gasteiger partial charge in [-0.2, -0.15) is 0 Å². The Morgan fingerprint density at radius 1 is 1.06 bits per heavy atom. The summed E-state index contributed by atoms with van der Waals surface area (Å²) in [5.74, 6) is 1.10. The van der Waals surface area contributed by atoms with Gasteiger partial charge in [-0.25, -0.2) is 19.9 Å². The average Bonchev–Trinajstić information content (AvgIpc) is 3.80. The zero-order valence-electron chi connectivity index (χ0n) is 29.5. The molecule has 4 atom stereocenters. The summed E-state index contributed by atoms with van der Waals surface area (Å²) in [6.07, 6.45) is 3.48. The summed E-state index contributed by atoms with van der Waals surface area (Å²) in [5.41, 5.74) is 8.70. The van der Waals surface area contributed by atoms with Crippen LogP contribution in [0.15, 0.2) is 30.9 Å². The second-order valence-electron chi connectivity index (χ2n) is 15.1. The molecule has 3 aliphatic heterocycles. The van der Waals surface area contributed by atoms with Crippen molar-refractivity contribution >= 4 is 45.5 Å². The molecule has 3 aliphatic rings. The largest absolute Gasteiger partial charge is 0.387 e. The fraction of sp³-hybridized carbons (Fsp3) is 0.600. The van der Waals surface area contributed by atoms with Crippen LogP contribution in [0.4, 0.5) is 11.5 Å². The first-order valence-electron chi connectivity index (χ1n) is 17.9. The average molecular weight is 704 g/mol. The van der Waals surface area contributed by atoms with Gasteiger partial charge in [0.1, 0.15) is 36.0 Å². The predicted octanol–water partition coefficient (Wildman–Crippen LogP) is 1.87. The van der Waals surface area contributed by atoms with Gasteiger partial charge in [0.25, 0.3) is 0 Å². The van der Waals surface area contributed by atoms with Crippen LogP contribution in [0, 0.1) is 5.41 Å². The van der Waals surface area contributed by atoms with Crippen molar-refractivity contribution in [1.29, 1.82) is 0 Å². The molecule has 3 aromatic heterocycles. The number of piperidine rings is 2. The summed E-state index contributed by atoms with van der Waals surface area (Å²) < 4.78 is 7.88. The van der Waals surface area contributed by atoms with Gasteiger partial charge in [-0.3, -0.25) is 24.0 Å². The van der Waals surface area contributed by atoms with Crippen LogP contribution in [0.25, 0.3) is 22.2 Å². The van der Waals surface area contributed by atoms with E-state index < -0.39 is 30.0 Å². The van der Waals surface area contributed by atoms with Gasteiger partial charge in [-0.1, -0.05) is 20.8 Å². The second kappa shape index (κ2) is 14.4. The number of aromatic amines is 1. The Morgan fingerprint density at radius 3 is 2.57 bits per heavy atom. The highest BCUT2D eigenvalue weighted by atomic mass is 16.6. The number of carbonyl (C=O) groups is 2. The number of amides is 2. The van der Waals surface area contributed by atoms with Crippen LogP contribution < -0.4 is 11.1 Å². The molecule has 4 aromatic rings. The van der Waals surface area contributed by atoms with Gasteiger partial charge in [-0.15, -0.1) is 0 Å². The number of aliphatic hydroxyl groups excluding tert-OH is 2. The van der Waals surface area contributed by atoms with Crippen LogP contribution in [-0.4, -0.2) is 130 Å². The molecule has 0 saturated carbocycles. The lowest BCUT2D eigenvalue weighted by Gasteiger charge is -2.40. The molecule has 51 heavy (non-hydrogen) atoms. The van der Waals surface area contributed by atoms with E-state index in [1.165, 1.54) is 12.7 Å². The smallest absolute Gasteiger partial charge is 0.236 e. The fourth-order valence-electron chi connectivity index (χ4n) is 7.35. The molecule has 0 aliphatic carbocycles. The van der Waals surface area contributed by atoms with Crippen molar-refractivity contribution in [3.8, 4) is 0 Å². The third-order valence-electron chi connectivity index (χ3n) is 10.4. The Bertz CT molecular complexity index is 1860. The van der Waals surface area contributed by atoms with E-state index in [0.717, 1.165) is 80.8 Å². The minimum absolute atomic E-state index is 0.0476. The first kappa shape index (κ1) is 35.2. The number of benzene rings is 1. The summed E-state index contributed by atoms with van der Waals surface area (Å²) in [5, 5.41) is 25.3. The number of aliphatic hydroxyl groups is 2. The van der Waals surface area contributed by atoms with Gasteiger partial charge in [0.05, 0.1) is 30.5 Å². The molecule has 274 valence electrons. The Labute approximate surface area is 296 Å². The number of imidazole rings is 2. The van der Waals surface area contributed by atoms with Crippen LogP contribution in [0.5, 0.6) is 0 Å². The minimum Gasteiger partial charge on any atom is -0.387 e. The van der Waals surface area contributed by atoms with Gasteiger partial charge in [-0.05, 0) is 50.3 Å². The zero-order chi connectivity index (χ0) is 35.9. The predicted molar refractivity (Wildman–Crippen MR) is 190 cm³/mol. The van der Waals surface area contributed by atoms with Crippen LogP contribution >= 0.6 is 0 Å². The van der Waals surface area contributed by atoms with Crippen LogP contribution in [0.2, 0.25) is 0 Å². The molecule has 16 nitrogen and oxygen atoms in total. The SMILES string of the molecule is CC(C)(C)C(=O)Nc1ccc2nc(CN3CCC(N(CC(=O)N4CCCCC4)C[C@H]4O[C@@H](n5cnc6c(N)ncnc65)[C@H](O)[C@@H]4O)CC3)[nH]c2c1. The number of H-pyrrole nitrogens is 1. The quantitative estimate of drug-likeness (QED) is 0.170. The highest BCUT2D eigenvalue weighted by Gasteiger charge is 2.46. The highest BCUT2D eigenvalue weighted by Crippen LogP contribution is 2.33. The summed E-state index contributed by atoms with van der Waals surface area (Å²) in [7, 11) is 0. The Kier molecular flexibility index (Phi) is 9.95. The summed E-state index contributed by atoms with van der Waals surface area (Å²) in [6, 6.07) is 5.78. The lowest BCUT2D eigenvalue weighted by atomic mass is 9.95. The van der Waals surface area contributed by atoms with E-state index in [1.54, 1.807) is 4.57 Å². The molecule has 3 fully saturated rings. The van der Waals surface area contributed by atoms with Crippen molar-refractivity contribution in [3.63, 3.8) is 0 Å². The number of carbonyl (C=O) groups excluding carboxylic acids is 2. The number of hydrogen-bond donors (Lipinski definition) is 5. The molecule has 3 saturated heterocycles. The van der Waals surface area contributed by atoms with Crippen molar-refractivity contribution < 1.29 is 24.5 Å². The van der Waals surface area contributed by atoms with Crippen molar-refractivity contribution in [2.45, 2.75) is 90.0 Å². The van der Waals surface area contributed by atoms with Gasteiger partial charge in [0.15, 0.2) is 17.7 Å². The van der Waals surface area contributed by atoms with E-state index in [0.29, 0.717) is 17.7 Å². The van der Waals surface area contributed by atoms with E-state index in [4.69, 9.17) is 15.5 Å². The maximum absolute atomic E-state index is 13.6. The van der Waals surface area contributed by atoms with E-state index >= 15 is 0 Å². The molecule has 6 N–H and O–H groups in total. The van der Waals surface area contributed by atoms with Crippen molar-refractivity contribution in [2.75, 3.05) is 50.3 Å². The molecule has 1 aromatic carbocycles. The van der Waals surface area contributed by atoms with Gasteiger partial charge in [0, 0.05) is 49.9 Å². The van der Waals surface area contributed by atoms with Crippen molar-refractivity contribution in [2.24, 2.45) is 5.41 Å². The summed E-state index contributed by atoms with van der Waals surface area (Å²) >= 11 is 0. The lowest BCUT2D eigenvalue weighted by molar-refractivity contribution is -0.135. The number of nitrogens with one attached hydrogen (secondary N) is 2. The van der Waals surface area contributed by atoms with E-state index in [1.807, 2.05) is 43.9 Å². The Balaban J connectivity index is 1.02. The first-order valence-corrected chi connectivity index (χ1v) is 17.9. The van der Waals surface area contributed by atoms with Gasteiger partial charge >= 0.3 is 0 Å². The maximum Gasteiger partial charge on any atom is 0.236 e. The number of rotatable bonds is 9. The minimum atomic E-state index is -1.24. The molecule has 0 unspecified atom stereocenters. The molecule has 0 radical (unpaired) electrons. The topological polar surface area (TPSA) is 204 Å². The van der Waals surface area contributed by atoms with Crippen LogP contribution in [0.1, 0.15) is 64.9 Å². The second-order valence-corrected chi connectivity index (χ2v) is 15.1. The van der Waals surface area contributed by atoms with E-state index in [2.05, 4.69) is 35.1 Å². The maximum atomic E-state index is 13.6. The monoisotopic (exact) mass is 703 g/mol. The zero-order valence-corrected chi connectivity index (χ0v) is 29.5. The third kappa shape index (κ3) is 7.55. The first-order chi connectivity index (χ1) is 24.4. The molecular weight excluding hydrogens is 654 g/mol. The number of anilines is 2. The molecule has 16 heteroatoms. The van der Waals surface area contributed by atoms with E-state index in [-0.39, 0.29) is 36.8 Å². The number of aromatic nitrogens is 6. The summed E-state index contributed by atoms with van der Waals surface area (Å²) in [6.45, 7) is 9.89. The Hall–Kier alpha value is -4.22. The normalized spacial score (nSPS) is 23.8. The molecule has 7 rings (SSSR count). The van der Waals surface area contributed by atoms with E-state index in [9.17, 15) is 19.8 Å². The molecule has 6 heterocycles. The number of nitrogens with two attached hydrogens (primary N) is 1. The molecule has 0 spiro atoms. The number of fused-ring (bicyclic) bond motifs is 2. The number of likely N-dealkylation sites (tertiary alicyclic amines) is 2. The molecule has 2 amide bonds.